The summed E-state index contributed by atoms with van der Waals surface area (Å²) < 4.78 is 11.4. The molecule has 1 fully saturated rings. The van der Waals surface area contributed by atoms with E-state index in [1.165, 1.54) is 0 Å². The van der Waals surface area contributed by atoms with E-state index in [9.17, 15) is 4.21 Å². The van der Waals surface area contributed by atoms with Gasteiger partial charge in [-0.05, 0) is 32.4 Å². The molecule has 14 heavy (non-hydrogen) atoms. The number of rotatable bonds is 3. The Morgan fingerprint density at radius 1 is 1.36 bits per heavy atom. The molecule has 0 aliphatic carbocycles. The minimum absolute atomic E-state index is 0.523. The summed E-state index contributed by atoms with van der Waals surface area (Å²) in [6.45, 7) is 7.20. The third-order valence-electron chi connectivity index (χ3n) is 3.19. The number of hydrogen-bond acceptors (Lipinski definition) is 3. The fourth-order valence-electron chi connectivity index (χ4n) is 1.83. The van der Waals surface area contributed by atoms with Gasteiger partial charge in [-0.1, -0.05) is 6.92 Å². The zero-order valence-corrected chi connectivity index (χ0v) is 10.1. The van der Waals surface area contributed by atoms with Crippen LogP contribution in [-0.2, 0) is 10.8 Å². The number of nitrogens with two attached hydrogens (primary N) is 1. The lowest BCUT2D eigenvalue weighted by molar-refractivity contribution is 0.176. The Hall–Kier alpha value is 0.0700. The largest absolute Gasteiger partial charge is 0.330 e. The molecule has 3 unspecified atom stereocenters. The van der Waals surface area contributed by atoms with Gasteiger partial charge in [0.2, 0.25) is 0 Å². The lowest BCUT2D eigenvalue weighted by Crippen LogP contribution is -2.41. The Balaban J connectivity index is 2.46. The molecule has 3 nitrogen and oxygen atoms in total. The van der Waals surface area contributed by atoms with Crippen molar-refractivity contribution < 1.29 is 4.21 Å². The highest BCUT2D eigenvalue weighted by atomic mass is 32.2. The van der Waals surface area contributed by atoms with Crippen molar-refractivity contribution in [2.75, 3.05) is 31.1 Å². The molecule has 3 atom stereocenters. The van der Waals surface area contributed by atoms with Crippen LogP contribution < -0.4 is 5.73 Å². The zero-order valence-electron chi connectivity index (χ0n) is 9.24. The summed E-state index contributed by atoms with van der Waals surface area (Å²) in [7, 11) is -0.583. The standard InChI is InChI=1S/C10H22N2OS/c1-9(8-11)10(2)12-4-3-6-14(13)7-5-12/h9-10H,3-8,11H2,1-2H3. The summed E-state index contributed by atoms with van der Waals surface area (Å²) in [5, 5.41) is 0. The molecule has 1 aliphatic rings. The van der Waals surface area contributed by atoms with Crippen LogP contribution in [0.3, 0.4) is 0 Å². The molecule has 0 aromatic heterocycles. The van der Waals surface area contributed by atoms with Gasteiger partial charge in [-0.3, -0.25) is 9.11 Å². The van der Waals surface area contributed by atoms with Crippen molar-refractivity contribution in [3.63, 3.8) is 0 Å². The van der Waals surface area contributed by atoms with E-state index in [-0.39, 0.29) is 0 Å². The van der Waals surface area contributed by atoms with E-state index < -0.39 is 10.8 Å². The van der Waals surface area contributed by atoms with E-state index in [2.05, 4.69) is 18.7 Å². The van der Waals surface area contributed by atoms with Gasteiger partial charge in [-0.2, -0.15) is 0 Å². The second kappa shape index (κ2) is 5.83. The average molecular weight is 218 g/mol. The summed E-state index contributed by atoms with van der Waals surface area (Å²) in [6, 6.07) is 0.523. The second-order valence-corrected chi connectivity index (χ2v) is 5.89. The molecule has 0 aromatic rings. The molecule has 2 N–H and O–H groups in total. The molecule has 4 heteroatoms. The van der Waals surface area contributed by atoms with Crippen LogP contribution in [0.25, 0.3) is 0 Å². The maximum absolute atomic E-state index is 11.4. The maximum Gasteiger partial charge on any atom is 0.0362 e. The van der Waals surface area contributed by atoms with Crippen LogP contribution in [0.4, 0.5) is 0 Å². The molecule has 0 bridgehead atoms. The molecule has 0 amide bonds. The van der Waals surface area contributed by atoms with Crippen LogP contribution in [0.5, 0.6) is 0 Å². The third-order valence-corrected chi connectivity index (χ3v) is 4.58. The topological polar surface area (TPSA) is 46.3 Å². The molecular formula is C10H22N2OS. The van der Waals surface area contributed by atoms with Crippen LogP contribution in [0.15, 0.2) is 0 Å². The fraction of sp³-hybridized carbons (Fsp3) is 1.00. The van der Waals surface area contributed by atoms with E-state index in [0.717, 1.165) is 37.6 Å². The van der Waals surface area contributed by atoms with E-state index in [4.69, 9.17) is 5.73 Å². The summed E-state index contributed by atoms with van der Waals surface area (Å²) in [6.07, 6.45) is 1.06. The van der Waals surface area contributed by atoms with Crippen LogP contribution in [-0.4, -0.2) is 46.3 Å². The highest BCUT2D eigenvalue weighted by Crippen LogP contribution is 2.12. The van der Waals surface area contributed by atoms with Crippen molar-refractivity contribution in [1.82, 2.24) is 4.90 Å². The maximum atomic E-state index is 11.4. The minimum atomic E-state index is -0.583. The van der Waals surface area contributed by atoms with Crippen molar-refractivity contribution >= 4 is 10.8 Å². The number of nitrogens with zero attached hydrogens (tertiary/aromatic N) is 1. The molecule has 1 aliphatic heterocycles. The van der Waals surface area contributed by atoms with Gasteiger partial charge < -0.3 is 5.73 Å². The molecule has 0 spiro atoms. The van der Waals surface area contributed by atoms with Gasteiger partial charge in [0.05, 0.1) is 0 Å². The first-order valence-electron chi connectivity index (χ1n) is 5.44. The first-order chi connectivity index (χ1) is 6.65. The SMILES string of the molecule is CC(CN)C(C)N1CCCS(=O)CC1. The van der Waals surface area contributed by atoms with Crippen molar-refractivity contribution in [1.29, 1.82) is 0 Å². The Labute approximate surface area is 89.5 Å². The van der Waals surface area contributed by atoms with E-state index in [1.807, 2.05) is 0 Å². The Morgan fingerprint density at radius 2 is 2.07 bits per heavy atom. The first kappa shape index (κ1) is 12.1. The molecule has 84 valence electrons. The van der Waals surface area contributed by atoms with Gasteiger partial charge in [-0.15, -0.1) is 0 Å². The first-order valence-corrected chi connectivity index (χ1v) is 6.93. The van der Waals surface area contributed by atoms with Gasteiger partial charge in [0.25, 0.3) is 0 Å². The smallest absolute Gasteiger partial charge is 0.0362 e. The quantitative estimate of drug-likeness (QED) is 0.747. The van der Waals surface area contributed by atoms with Gasteiger partial charge in [0.15, 0.2) is 0 Å². The molecule has 0 aromatic carbocycles. The molecular weight excluding hydrogens is 196 g/mol. The van der Waals surface area contributed by atoms with Crippen molar-refractivity contribution in [3.8, 4) is 0 Å². The average Bonchev–Trinajstić information content (AvgIpc) is 2.40. The minimum Gasteiger partial charge on any atom is -0.330 e. The molecule has 1 saturated heterocycles. The van der Waals surface area contributed by atoms with Crippen LogP contribution in [0.2, 0.25) is 0 Å². The summed E-state index contributed by atoms with van der Waals surface area (Å²) in [5.74, 6) is 2.24. The van der Waals surface area contributed by atoms with Crippen LogP contribution >= 0.6 is 0 Å². The third kappa shape index (κ3) is 3.33. The number of hydrogen-bond donors (Lipinski definition) is 1. The molecule has 0 saturated carbocycles. The van der Waals surface area contributed by atoms with Gasteiger partial charge in [-0.25, -0.2) is 0 Å². The lowest BCUT2D eigenvalue weighted by atomic mass is 10.0. The van der Waals surface area contributed by atoms with Crippen molar-refractivity contribution in [3.05, 3.63) is 0 Å². The van der Waals surface area contributed by atoms with Gasteiger partial charge in [0, 0.05) is 34.9 Å². The second-order valence-electron chi connectivity index (χ2n) is 4.19. The van der Waals surface area contributed by atoms with E-state index >= 15 is 0 Å². The molecule has 1 heterocycles. The highest BCUT2D eigenvalue weighted by molar-refractivity contribution is 7.85. The van der Waals surface area contributed by atoms with E-state index in [1.54, 1.807) is 0 Å². The predicted molar refractivity (Wildman–Crippen MR) is 61.7 cm³/mol. The normalized spacial score (nSPS) is 29.5. The Bertz CT molecular complexity index is 199. The van der Waals surface area contributed by atoms with Crippen LogP contribution in [0.1, 0.15) is 20.3 Å². The van der Waals surface area contributed by atoms with E-state index in [0.29, 0.717) is 12.0 Å². The predicted octanol–water partition coefficient (Wildman–Crippen LogP) is 0.424. The van der Waals surface area contributed by atoms with Crippen molar-refractivity contribution in [2.45, 2.75) is 26.3 Å². The van der Waals surface area contributed by atoms with Crippen LogP contribution in [0, 0.1) is 5.92 Å². The van der Waals surface area contributed by atoms with Gasteiger partial charge >= 0.3 is 0 Å². The molecule has 0 radical (unpaired) electrons. The van der Waals surface area contributed by atoms with Crippen molar-refractivity contribution in [2.24, 2.45) is 11.7 Å². The van der Waals surface area contributed by atoms with Gasteiger partial charge in [0.1, 0.15) is 0 Å². The lowest BCUT2D eigenvalue weighted by Gasteiger charge is -2.31. The Kier molecular flexibility index (Phi) is 5.06. The Morgan fingerprint density at radius 3 is 2.71 bits per heavy atom. The monoisotopic (exact) mass is 218 g/mol. The molecule has 1 rings (SSSR count). The fourth-order valence-corrected chi connectivity index (χ4v) is 2.92. The highest BCUT2D eigenvalue weighted by Gasteiger charge is 2.21. The summed E-state index contributed by atoms with van der Waals surface area (Å²) in [4.78, 5) is 2.43. The summed E-state index contributed by atoms with van der Waals surface area (Å²) >= 11 is 0. The zero-order chi connectivity index (χ0) is 10.6. The summed E-state index contributed by atoms with van der Waals surface area (Å²) in [5.41, 5.74) is 5.66.